The zero-order chi connectivity index (χ0) is 14.5. The molecule has 0 saturated heterocycles. The molecule has 1 aromatic carbocycles. The third kappa shape index (κ3) is 4.46. The maximum Gasteiger partial charge on any atom is 0.416 e. The fourth-order valence-electron chi connectivity index (χ4n) is 1.65. The van der Waals surface area contributed by atoms with E-state index >= 15 is 0 Å². The predicted molar refractivity (Wildman–Crippen MR) is 66.4 cm³/mol. The molecule has 0 amide bonds. The second kappa shape index (κ2) is 6.45. The maximum absolute atomic E-state index is 12.5. The first-order chi connectivity index (χ1) is 8.86. The third-order valence-corrected chi connectivity index (χ3v) is 2.67. The van der Waals surface area contributed by atoms with E-state index in [9.17, 15) is 18.0 Å². The Morgan fingerprint density at radius 3 is 2.53 bits per heavy atom. The van der Waals surface area contributed by atoms with E-state index in [-0.39, 0.29) is 11.3 Å². The molecule has 0 atom stereocenters. The van der Waals surface area contributed by atoms with Crippen molar-refractivity contribution in [2.45, 2.75) is 32.4 Å². The zero-order valence-corrected chi connectivity index (χ0v) is 10.5. The molecule has 106 valence electrons. The monoisotopic (exact) mass is 275 g/mol. The first-order valence-corrected chi connectivity index (χ1v) is 6.04. The van der Waals surface area contributed by atoms with Crippen LogP contribution in [0.2, 0.25) is 0 Å². The number of carboxylic acids is 1. The summed E-state index contributed by atoms with van der Waals surface area (Å²) < 4.78 is 37.5. The van der Waals surface area contributed by atoms with Crippen molar-refractivity contribution in [1.82, 2.24) is 0 Å². The summed E-state index contributed by atoms with van der Waals surface area (Å²) in [4.78, 5) is 11.0. The summed E-state index contributed by atoms with van der Waals surface area (Å²) in [5.74, 6) is -1.37. The van der Waals surface area contributed by atoms with E-state index in [4.69, 9.17) is 5.11 Å². The average molecular weight is 275 g/mol. The van der Waals surface area contributed by atoms with Crippen LogP contribution in [0, 0.1) is 0 Å². The van der Waals surface area contributed by atoms with Crippen LogP contribution in [-0.2, 0) is 6.18 Å². The minimum Gasteiger partial charge on any atom is -0.478 e. The summed E-state index contributed by atoms with van der Waals surface area (Å²) in [7, 11) is 0. The lowest BCUT2D eigenvalue weighted by Crippen LogP contribution is -2.11. The Bertz CT molecular complexity index is 444. The van der Waals surface area contributed by atoms with Gasteiger partial charge in [-0.2, -0.15) is 13.2 Å². The van der Waals surface area contributed by atoms with Crippen LogP contribution >= 0.6 is 0 Å². The highest BCUT2D eigenvalue weighted by atomic mass is 19.4. The molecule has 0 radical (unpaired) electrons. The van der Waals surface area contributed by atoms with Crippen molar-refractivity contribution in [2.24, 2.45) is 0 Å². The number of alkyl halides is 3. The molecule has 0 aliphatic carbocycles. The van der Waals surface area contributed by atoms with Gasteiger partial charge in [0.15, 0.2) is 0 Å². The first kappa shape index (κ1) is 15.3. The molecular formula is C13H16F3NO2. The Kier molecular flexibility index (Phi) is 5.20. The van der Waals surface area contributed by atoms with Crippen LogP contribution in [-0.4, -0.2) is 17.6 Å². The molecule has 6 heteroatoms. The van der Waals surface area contributed by atoms with Gasteiger partial charge in [0.05, 0.1) is 11.1 Å². The second-order valence-corrected chi connectivity index (χ2v) is 4.20. The number of hydrogen-bond acceptors (Lipinski definition) is 2. The maximum atomic E-state index is 12.5. The van der Waals surface area contributed by atoms with E-state index in [0.717, 1.165) is 31.4 Å². The topological polar surface area (TPSA) is 49.3 Å². The normalized spacial score (nSPS) is 11.4. The fraction of sp³-hybridized carbons (Fsp3) is 0.462. The molecule has 0 fully saturated rings. The summed E-state index contributed by atoms with van der Waals surface area (Å²) in [5.41, 5.74) is -1.09. The number of carbonyl (C=O) groups is 1. The smallest absolute Gasteiger partial charge is 0.416 e. The van der Waals surface area contributed by atoms with E-state index in [0.29, 0.717) is 12.6 Å². The van der Waals surface area contributed by atoms with Gasteiger partial charge in [-0.1, -0.05) is 19.8 Å². The Hall–Kier alpha value is -1.72. The van der Waals surface area contributed by atoms with Gasteiger partial charge < -0.3 is 10.4 Å². The summed E-state index contributed by atoms with van der Waals surface area (Å²) in [5, 5.41) is 11.8. The molecule has 0 aliphatic heterocycles. The lowest BCUT2D eigenvalue weighted by molar-refractivity contribution is -0.137. The summed E-state index contributed by atoms with van der Waals surface area (Å²) in [6.07, 6.45) is -1.70. The molecule has 3 nitrogen and oxygen atoms in total. The molecule has 0 bridgehead atoms. The number of carboxylic acid groups (broad SMARTS) is 1. The number of aromatic carboxylic acids is 1. The quantitative estimate of drug-likeness (QED) is 0.771. The van der Waals surface area contributed by atoms with Gasteiger partial charge in [0.2, 0.25) is 0 Å². The SMILES string of the molecule is CCCCCNc1ccc(C(F)(F)F)cc1C(=O)O. The number of anilines is 1. The van der Waals surface area contributed by atoms with Gasteiger partial charge >= 0.3 is 12.1 Å². The van der Waals surface area contributed by atoms with Gasteiger partial charge in [-0.25, -0.2) is 4.79 Å². The lowest BCUT2D eigenvalue weighted by atomic mass is 10.1. The number of unbranched alkanes of at least 4 members (excludes halogenated alkanes) is 2. The predicted octanol–water partition coefficient (Wildman–Crippen LogP) is 4.01. The molecule has 0 spiro atoms. The van der Waals surface area contributed by atoms with Crippen LogP contribution in [0.5, 0.6) is 0 Å². The summed E-state index contributed by atoms with van der Waals surface area (Å²) in [6.45, 7) is 2.57. The molecule has 1 aromatic rings. The molecule has 1 rings (SSSR count). The number of nitrogens with one attached hydrogen (secondary N) is 1. The van der Waals surface area contributed by atoms with Crippen LogP contribution < -0.4 is 5.32 Å². The van der Waals surface area contributed by atoms with Crippen LogP contribution in [0.1, 0.15) is 42.1 Å². The van der Waals surface area contributed by atoms with Crippen LogP contribution in [0.15, 0.2) is 18.2 Å². The summed E-state index contributed by atoms with van der Waals surface area (Å²) >= 11 is 0. The molecule has 0 heterocycles. The van der Waals surface area contributed by atoms with Gasteiger partial charge in [0, 0.05) is 12.2 Å². The molecule has 0 aliphatic rings. The molecule has 0 unspecified atom stereocenters. The van der Waals surface area contributed by atoms with Gasteiger partial charge in [-0.3, -0.25) is 0 Å². The van der Waals surface area contributed by atoms with Crippen molar-refractivity contribution in [3.8, 4) is 0 Å². The molecule has 2 N–H and O–H groups in total. The molecule has 0 saturated carbocycles. The third-order valence-electron chi connectivity index (χ3n) is 2.67. The fourth-order valence-corrected chi connectivity index (χ4v) is 1.65. The van der Waals surface area contributed by atoms with E-state index in [1.54, 1.807) is 0 Å². The van der Waals surface area contributed by atoms with E-state index < -0.39 is 17.7 Å². The molecule has 0 aromatic heterocycles. The van der Waals surface area contributed by atoms with Crippen molar-refractivity contribution >= 4 is 11.7 Å². The number of halogens is 3. The standard InChI is InChI=1S/C13H16F3NO2/c1-2-3-4-7-17-11-6-5-9(13(14,15)16)8-10(11)12(18)19/h5-6,8,17H,2-4,7H2,1H3,(H,18,19). The minimum absolute atomic E-state index is 0.219. The van der Waals surface area contributed by atoms with Gasteiger partial charge in [-0.05, 0) is 24.6 Å². The van der Waals surface area contributed by atoms with Crippen molar-refractivity contribution in [3.05, 3.63) is 29.3 Å². The van der Waals surface area contributed by atoms with Crippen LogP contribution in [0.3, 0.4) is 0 Å². The zero-order valence-electron chi connectivity index (χ0n) is 10.5. The Morgan fingerprint density at radius 2 is 2.00 bits per heavy atom. The van der Waals surface area contributed by atoms with E-state index in [1.807, 2.05) is 6.92 Å². The molecular weight excluding hydrogens is 259 g/mol. The van der Waals surface area contributed by atoms with Crippen LogP contribution in [0.4, 0.5) is 18.9 Å². The minimum atomic E-state index is -4.54. The van der Waals surface area contributed by atoms with Gasteiger partial charge in [-0.15, -0.1) is 0 Å². The van der Waals surface area contributed by atoms with E-state index in [2.05, 4.69) is 5.32 Å². The highest BCUT2D eigenvalue weighted by Gasteiger charge is 2.31. The average Bonchev–Trinajstić information content (AvgIpc) is 2.33. The Labute approximate surface area is 109 Å². The van der Waals surface area contributed by atoms with Gasteiger partial charge in [0.1, 0.15) is 0 Å². The first-order valence-electron chi connectivity index (χ1n) is 6.04. The highest BCUT2D eigenvalue weighted by Crippen LogP contribution is 2.31. The van der Waals surface area contributed by atoms with Crippen molar-refractivity contribution in [2.75, 3.05) is 11.9 Å². The van der Waals surface area contributed by atoms with Crippen LogP contribution in [0.25, 0.3) is 0 Å². The second-order valence-electron chi connectivity index (χ2n) is 4.20. The van der Waals surface area contributed by atoms with Gasteiger partial charge in [0.25, 0.3) is 0 Å². The van der Waals surface area contributed by atoms with Crippen molar-refractivity contribution in [1.29, 1.82) is 0 Å². The number of rotatable bonds is 6. The van der Waals surface area contributed by atoms with Crippen molar-refractivity contribution in [3.63, 3.8) is 0 Å². The van der Waals surface area contributed by atoms with E-state index in [1.165, 1.54) is 0 Å². The number of hydrogen-bond donors (Lipinski definition) is 2. The summed E-state index contributed by atoms with van der Waals surface area (Å²) in [6, 6.07) is 2.71. The van der Waals surface area contributed by atoms with Crippen molar-refractivity contribution < 1.29 is 23.1 Å². The number of benzene rings is 1. The highest BCUT2D eigenvalue weighted by molar-refractivity contribution is 5.94. The lowest BCUT2D eigenvalue weighted by Gasteiger charge is -2.12. The Morgan fingerprint density at radius 1 is 1.32 bits per heavy atom. The Balaban J connectivity index is 2.90. The largest absolute Gasteiger partial charge is 0.478 e. The molecule has 19 heavy (non-hydrogen) atoms.